The lowest BCUT2D eigenvalue weighted by Gasteiger charge is -2.40. The Labute approximate surface area is 153 Å². The Bertz CT molecular complexity index is 635. The van der Waals surface area contributed by atoms with Gasteiger partial charge in [0.1, 0.15) is 0 Å². The zero-order chi connectivity index (χ0) is 17.2. The second kappa shape index (κ2) is 7.36. The van der Waals surface area contributed by atoms with E-state index in [1.165, 1.54) is 31.0 Å². The minimum absolute atomic E-state index is 0.00243. The molecule has 134 valence electrons. The predicted octanol–water partition coefficient (Wildman–Crippen LogP) is 2.42. The van der Waals surface area contributed by atoms with Crippen molar-refractivity contribution in [3.8, 4) is 0 Å². The van der Waals surface area contributed by atoms with Crippen molar-refractivity contribution in [1.82, 2.24) is 14.8 Å². The van der Waals surface area contributed by atoms with Gasteiger partial charge in [0, 0.05) is 31.9 Å². The van der Waals surface area contributed by atoms with Gasteiger partial charge in [-0.2, -0.15) is 0 Å². The fourth-order valence-corrected chi connectivity index (χ4v) is 4.86. The van der Waals surface area contributed by atoms with Gasteiger partial charge in [-0.3, -0.25) is 9.59 Å². The standard InChI is InChI=1S/C19H25N3O2S/c23-18(13-25-17-6-1-2-9-20-17)21-11-15-7-8-16(12-21)22(19(15)24)10-14-4-3-5-14/h1-2,6,9,14-16H,3-5,7-8,10-13H2/t15-,16+/m0/s1. The molecule has 1 aromatic heterocycles. The SMILES string of the molecule is O=C(CSc1ccccn1)N1C[C@@H]2CC[C@H](C1)N(CC1CCC1)C2=O. The first-order valence-corrected chi connectivity index (χ1v) is 10.3. The fourth-order valence-electron chi connectivity index (χ4n) is 4.10. The van der Waals surface area contributed by atoms with Crippen molar-refractivity contribution in [2.24, 2.45) is 11.8 Å². The Balaban J connectivity index is 1.38. The summed E-state index contributed by atoms with van der Waals surface area (Å²) in [5.41, 5.74) is 0. The molecule has 2 amide bonds. The molecule has 4 fully saturated rings. The second-order valence-corrected chi connectivity index (χ2v) is 8.47. The Hall–Kier alpha value is -1.56. The zero-order valence-electron chi connectivity index (χ0n) is 14.5. The molecule has 4 heterocycles. The van der Waals surface area contributed by atoms with E-state index in [1.54, 1.807) is 6.20 Å². The summed E-state index contributed by atoms with van der Waals surface area (Å²) in [5.74, 6) is 1.50. The lowest BCUT2D eigenvalue weighted by molar-refractivity contribution is -0.141. The highest BCUT2D eigenvalue weighted by atomic mass is 32.2. The van der Waals surface area contributed by atoms with Gasteiger partial charge in [0.2, 0.25) is 11.8 Å². The second-order valence-electron chi connectivity index (χ2n) is 7.47. The van der Waals surface area contributed by atoms with Crippen LogP contribution in [0.3, 0.4) is 0 Å². The summed E-state index contributed by atoms with van der Waals surface area (Å²) in [6.45, 7) is 2.21. The topological polar surface area (TPSA) is 53.5 Å². The molecule has 2 bridgehead atoms. The van der Waals surface area contributed by atoms with Crippen LogP contribution in [0.4, 0.5) is 0 Å². The van der Waals surface area contributed by atoms with Crippen LogP contribution in [-0.4, -0.2) is 58.0 Å². The molecule has 1 aliphatic carbocycles. The average Bonchev–Trinajstić information content (AvgIpc) is 2.88. The van der Waals surface area contributed by atoms with E-state index in [1.807, 2.05) is 23.1 Å². The molecule has 6 heteroatoms. The number of piperidine rings is 1. The van der Waals surface area contributed by atoms with Crippen LogP contribution in [-0.2, 0) is 9.59 Å². The first-order chi connectivity index (χ1) is 12.2. The molecule has 5 nitrogen and oxygen atoms in total. The van der Waals surface area contributed by atoms with Gasteiger partial charge in [-0.1, -0.05) is 24.2 Å². The van der Waals surface area contributed by atoms with Crippen molar-refractivity contribution in [3.63, 3.8) is 0 Å². The monoisotopic (exact) mass is 359 g/mol. The van der Waals surface area contributed by atoms with E-state index in [0.717, 1.165) is 24.4 Å². The van der Waals surface area contributed by atoms with Gasteiger partial charge < -0.3 is 9.80 Å². The fraction of sp³-hybridized carbons (Fsp3) is 0.632. The molecule has 2 atom stereocenters. The van der Waals surface area contributed by atoms with Gasteiger partial charge in [-0.25, -0.2) is 4.98 Å². The molecule has 1 aromatic rings. The molecule has 3 saturated heterocycles. The zero-order valence-corrected chi connectivity index (χ0v) is 15.3. The molecule has 25 heavy (non-hydrogen) atoms. The summed E-state index contributed by atoms with van der Waals surface area (Å²) in [4.78, 5) is 33.8. The number of fused-ring (bicyclic) bond motifs is 4. The van der Waals surface area contributed by atoms with E-state index in [4.69, 9.17) is 0 Å². The lowest BCUT2D eigenvalue weighted by atomic mass is 9.83. The summed E-state index contributed by atoms with van der Waals surface area (Å²) in [5, 5.41) is 0.872. The number of hydrogen-bond acceptors (Lipinski definition) is 4. The molecule has 5 rings (SSSR count). The maximum Gasteiger partial charge on any atom is 0.233 e. The third kappa shape index (κ3) is 3.68. The maximum atomic E-state index is 12.8. The van der Waals surface area contributed by atoms with Gasteiger partial charge in [0.15, 0.2) is 0 Å². The summed E-state index contributed by atoms with van der Waals surface area (Å²) >= 11 is 1.48. The van der Waals surface area contributed by atoms with Crippen molar-refractivity contribution >= 4 is 23.6 Å². The van der Waals surface area contributed by atoms with E-state index < -0.39 is 0 Å². The van der Waals surface area contributed by atoms with Crippen molar-refractivity contribution in [2.75, 3.05) is 25.4 Å². The average molecular weight is 359 g/mol. The molecular formula is C19H25N3O2S. The van der Waals surface area contributed by atoms with E-state index >= 15 is 0 Å². The summed E-state index contributed by atoms with van der Waals surface area (Å²) in [7, 11) is 0. The predicted molar refractivity (Wildman–Crippen MR) is 97.1 cm³/mol. The van der Waals surface area contributed by atoms with E-state index in [-0.39, 0.29) is 23.8 Å². The minimum atomic E-state index is 0.00243. The van der Waals surface area contributed by atoms with Crippen LogP contribution >= 0.6 is 11.8 Å². The van der Waals surface area contributed by atoms with E-state index in [0.29, 0.717) is 24.8 Å². The van der Waals surface area contributed by atoms with Crippen LogP contribution in [0.2, 0.25) is 0 Å². The van der Waals surface area contributed by atoms with Gasteiger partial charge in [0.25, 0.3) is 0 Å². The molecule has 0 radical (unpaired) electrons. The summed E-state index contributed by atoms with van der Waals surface area (Å²) in [6, 6.07) is 5.95. The number of carbonyl (C=O) groups is 2. The first-order valence-electron chi connectivity index (χ1n) is 9.33. The van der Waals surface area contributed by atoms with Gasteiger partial charge in [-0.15, -0.1) is 0 Å². The largest absolute Gasteiger partial charge is 0.339 e. The number of nitrogens with zero attached hydrogens (tertiary/aromatic N) is 3. The van der Waals surface area contributed by atoms with Crippen molar-refractivity contribution < 1.29 is 9.59 Å². The highest BCUT2D eigenvalue weighted by Crippen LogP contribution is 2.34. The highest BCUT2D eigenvalue weighted by Gasteiger charge is 2.42. The normalized spacial score (nSPS) is 26.5. The number of pyridine rings is 1. The van der Waals surface area contributed by atoms with Crippen molar-refractivity contribution in [3.05, 3.63) is 24.4 Å². The van der Waals surface area contributed by atoms with Crippen LogP contribution in [0, 0.1) is 11.8 Å². The number of thioether (sulfide) groups is 1. The molecule has 0 aromatic carbocycles. The number of rotatable bonds is 5. The number of aromatic nitrogens is 1. The van der Waals surface area contributed by atoms with Gasteiger partial charge in [0.05, 0.1) is 16.7 Å². The summed E-state index contributed by atoms with van der Waals surface area (Å²) < 4.78 is 0. The van der Waals surface area contributed by atoms with Crippen LogP contribution < -0.4 is 0 Å². The molecule has 0 unspecified atom stereocenters. The Kier molecular flexibility index (Phi) is 4.97. The van der Waals surface area contributed by atoms with Crippen molar-refractivity contribution in [1.29, 1.82) is 0 Å². The lowest BCUT2D eigenvalue weighted by Crippen LogP contribution is -2.50. The molecule has 1 saturated carbocycles. The molecular weight excluding hydrogens is 334 g/mol. The van der Waals surface area contributed by atoms with Crippen LogP contribution in [0.15, 0.2) is 29.4 Å². The smallest absolute Gasteiger partial charge is 0.233 e. The van der Waals surface area contributed by atoms with Crippen molar-refractivity contribution in [2.45, 2.75) is 43.2 Å². The molecule has 3 aliphatic heterocycles. The molecule has 0 N–H and O–H groups in total. The van der Waals surface area contributed by atoms with Crippen LogP contribution in [0.25, 0.3) is 0 Å². The van der Waals surface area contributed by atoms with E-state index in [2.05, 4.69) is 9.88 Å². The van der Waals surface area contributed by atoms with Crippen LogP contribution in [0.5, 0.6) is 0 Å². The van der Waals surface area contributed by atoms with Gasteiger partial charge >= 0.3 is 0 Å². The number of carbonyl (C=O) groups excluding carboxylic acids is 2. The minimum Gasteiger partial charge on any atom is -0.339 e. The first kappa shape index (κ1) is 16.9. The molecule has 4 aliphatic rings. The number of hydrogen-bond donors (Lipinski definition) is 0. The third-order valence-corrected chi connectivity index (χ3v) is 6.74. The van der Waals surface area contributed by atoms with E-state index in [9.17, 15) is 9.59 Å². The Morgan fingerprint density at radius 2 is 2.08 bits per heavy atom. The highest BCUT2D eigenvalue weighted by molar-refractivity contribution is 7.99. The van der Waals surface area contributed by atoms with Gasteiger partial charge in [-0.05, 0) is 43.7 Å². The molecule has 0 spiro atoms. The third-order valence-electron chi connectivity index (χ3n) is 5.81. The Morgan fingerprint density at radius 1 is 1.20 bits per heavy atom. The maximum absolute atomic E-state index is 12.8. The summed E-state index contributed by atoms with van der Waals surface area (Å²) in [6.07, 6.45) is 7.53. The quantitative estimate of drug-likeness (QED) is 0.758. The Morgan fingerprint density at radius 3 is 2.80 bits per heavy atom. The number of amides is 2. The van der Waals surface area contributed by atoms with Crippen LogP contribution in [0.1, 0.15) is 32.1 Å².